The van der Waals surface area contributed by atoms with Gasteiger partial charge in [0, 0.05) is 5.56 Å². The second-order valence-electron chi connectivity index (χ2n) is 10.0. The molecule has 0 saturated carbocycles. The fraction of sp³-hybridized carbons (Fsp3) is 0.147. The maximum absolute atomic E-state index is 13.7. The average molecular weight is 593 g/mol. The molecule has 1 atom stereocenters. The molecule has 0 spiro atoms. The third kappa shape index (κ3) is 5.30. The summed E-state index contributed by atoms with van der Waals surface area (Å²) in [5.74, 6) is -0.375. The topological polar surface area (TPSA) is 98.2 Å². The zero-order valence-electron chi connectivity index (χ0n) is 23.7. The Bertz CT molecular complexity index is 1860. The van der Waals surface area contributed by atoms with Crippen LogP contribution in [0.15, 0.2) is 96.6 Å². The van der Waals surface area contributed by atoms with Crippen LogP contribution in [0.2, 0.25) is 0 Å². The van der Waals surface area contributed by atoms with E-state index in [1.807, 2.05) is 55.5 Å². The number of benzene rings is 4. The van der Waals surface area contributed by atoms with Gasteiger partial charge in [-0.3, -0.25) is 14.5 Å². The number of methoxy groups -OCH3 is 2. The number of Topliss-reactive ketones (excluding diaryl/α,β-unsaturated/α-hetero) is 1. The molecule has 1 amide bonds. The van der Waals surface area contributed by atoms with E-state index in [4.69, 9.17) is 19.2 Å². The van der Waals surface area contributed by atoms with E-state index in [0.29, 0.717) is 45.6 Å². The number of amides is 1. The number of rotatable bonds is 8. The molecule has 1 aliphatic heterocycles. The van der Waals surface area contributed by atoms with Crippen molar-refractivity contribution in [3.8, 4) is 17.2 Å². The summed E-state index contributed by atoms with van der Waals surface area (Å²) in [5.41, 5.74) is 3.63. The summed E-state index contributed by atoms with van der Waals surface area (Å²) in [5, 5.41) is 11.9. The minimum Gasteiger partial charge on any atom is -0.507 e. The van der Waals surface area contributed by atoms with Crippen molar-refractivity contribution in [2.24, 2.45) is 0 Å². The van der Waals surface area contributed by atoms with Gasteiger partial charge in [0.1, 0.15) is 18.1 Å². The third-order valence-corrected chi connectivity index (χ3v) is 8.30. The standard InChI is InChI=1S/C34H28N2O6S/c1-20-9-15-25-28(17-20)43-34(35-25)36-30(29(32(38)33(36)39)31(37)22-10-13-24(40-2)14-11-22)23-12-16-26(27(18-23)41-3)42-19-21-7-5-4-6-8-21/h4-18,30,37H,19H2,1-3H3. The van der Waals surface area contributed by atoms with Crippen LogP contribution in [0.4, 0.5) is 5.13 Å². The van der Waals surface area contributed by atoms with Crippen molar-refractivity contribution in [3.63, 3.8) is 0 Å². The molecule has 216 valence electrons. The molecular weight excluding hydrogens is 564 g/mol. The van der Waals surface area contributed by atoms with E-state index in [2.05, 4.69) is 0 Å². The van der Waals surface area contributed by atoms with E-state index in [-0.39, 0.29) is 11.3 Å². The van der Waals surface area contributed by atoms with E-state index < -0.39 is 17.7 Å². The number of hydrogen-bond donors (Lipinski definition) is 1. The number of thiazole rings is 1. The molecule has 8 nitrogen and oxygen atoms in total. The number of ether oxygens (including phenoxy) is 3. The van der Waals surface area contributed by atoms with Crippen molar-refractivity contribution >= 4 is 44.1 Å². The highest BCUT2D eigenvalue weighted by Crippen LogP contribution is 2.46. The molecule has 0 radical (unpaired) electrons. The molecule has 1 unspecified atom stereocenters. The predicted molar refractivity (Wildman–Crippen MR) is 166 cm³/mol. The Morgan fingerprint density at radius 2 is 1.67 bits per heavy atom. The number of ketones is 1. The Kier molecular flexibility index (Phi) is 7.56. The van der Waals surface area contributed by atoms with Crippen LogP contribution in [0.25, 0.3) is 16.0 Å². The highest BCUT2D eigenvalue weighted by atomic mass is 32.1. The molecule has 1 fully saturated rings. The van der Waals surface area contributed by atoms with Crippen LogP contribution >= 0.6 is 11.3 Å². The Labute approximate surface area is 252 Å². The van der Waals surface area contributed by atoms with Crippen LogP contribution in [-0.4, -0.2) is 36.0 Å². The number of hydrogen-bond acceptors (Lipinski definition) is 8. The maximum Gasteiger partial charge on any atom is 0.301 e. The van der Waals surface area contributed by atoms with Crippen LogP contribution in [0.1, 0.15) is 28.3 Å². The summed E-state index contributed by atoms with van der Waals surface area (Å²) in [6.45, 7) is 2.31. The van der Waals surface area contributed by atoms with Gasteiger partial charge < -0.3 is 19.3 Å². The van der Waals surface area contributed by atoms with Gasteiger partial charge in [0.25, 0.3) is 5.78 Å². The molecule has 0 bridgehead atoms. The second-order valence-corrected chi connectivity index (χ2v) is 11.1. The largest absolute Gasteiger partial charge is 0.507 e. The van der Waals surface area contributed by atoms with Crippen molar-refractivity contribution < 1.29 is 28.9 Å². The third-order valence-electron chi connectivity index (χ3n) is 7.29. The highest BCUT2D eigenvalue weighted by Gasteiger charge is 2.48. The molecule has 1 saturated heterocycles. The lowest BCUT2D eigenvalue weighted by atomic mass is 9.95. The number of carbonyl (C=O) groups excluding carboxylic acids is 2. The maximum atomic E-state index is 13.7. The number of aliphatic hydroxyl groups excluding tert-OH is 1. The molecule has 1 aliphatic rings. The van der Waals surface area contributed by atoms with E-state index in [9.17, 15) is 14.7 Å². The first-order valence-corrected chi connectivity index (χ1v) is 14.4. The number of aryl methyl sites for hydroxylation is 1. The Morgan fingerprint density at radius 1 is 0.907 bits per heavy atom. The van der Waals surface area contributed by atoms with Crippen molar-refractivity contribution in [3.05, 3.63) is 119 Å². The molecule has 2 heterocycles. The fourth-order valence-electron chi connectivity index (χ4n) is 5.08. The van der Waals surface area contributed by atoms with Crippen LogP contribution < -0.4 is 19.1 Å². The summed E-state index contributed by atoms with van der Waals surface area (Å²) in [7, 11) is 3.07. The fourth-order valence-corrected chi connectivity index (χ4v) is 6.17. The molecule has 4 aromatic carbocycles. The van der Waals surface area contributed by atoms with Gasteiger partial charge in [0.05, 0.1) is 36.1 Å². The van der Waals surface area contributed by atoms with E-state index in [0.717, 1.165) is 15.8 Å². The summed E-state index contributed by atoms with van der Waals surface area (Å²) in [6, 6.07) is 26.5. The first-order chi connectivity index (χ1) is 20.9. The van der Waals surface area contributed by atoms with Gasteiger partial charge >= 0.3 is 5.91 Å². The normalized spacial score (nSPS) is 16.1. The van der Waals surface area contributed by atoms with Gasteiger partial charge in [-0.05, 0) is 72.1 Å². The van der Waals surface area contributed by atoms with Crippen LogP contribution in [0.3, 0.4) is 0 Å². The minimum atomic E-state index is -0.971. The number of aliphatic hydroxyl groups is 1. The van der Waals surface area contributed by atoms with Crippen molar-refractivity contribution in [1.29, 1.82) is 0 Å². The molecule has 9 heteroatoms. The van der Waals surface area contributed by atoms with Crippen LogP contribution in [-0.2, 0) is 16.2 Å². The van der Waals surface area contributed by atoms with E-state index >= 15 is 0 Å². The number of fused-ring (bicyclic) bond motifs is 1. The molecule has 6 rings (SSSR count). The molecule has 5 aromatic rings. The smallest absolute Gasteiger partial charge is 0.301 e. The van der Waals surface area contributed by atoms with Crippen molar-refractivity contribution in [2.75, 3.05) is 19.1 Å². The summed E-state index contributed by atoms with van der Waals surface area (Å²) in [6.07, 6.45) is 0. The van der Waals surface area contributed by atoms with Crippen molar-refractivity contribution in [1.82, 2.24) is 4.98 Å². The molecule has 0 aliphatic carbocycles. The van der Waals surface area contributed by atoms with E-state index in [1.54, 1.807) is 49.6 Å². The Balaban J connectivity index is 1.47. The monoisotopic (exact) mass is 592 g/mol. The average Bonchev–Trinajstić information content (AvgIpc) is 3.57. The summed E-state index contributed by atoms with van der Waals surface area (Å²) < 4.78 is 17.8. The lowest BCUT2D eigenvalue weighted by molar-refractivity contribution is -0.132. The Hall–Kier alpha value is -5.15. The zero-order valence-corrected chi connectivity index (χ0v) is 24.6. The molecule has 43 heavy (non-hydrogen) atoms. The quantitative estimate of drug-likeness (QED) is 0.120. The first-order valence-electron chi connectivity index (χ1n) is 13.5. The SMILES string of the molecule is COc1ccc(C(O)=C2C(=O)C(=O)N(c3nc4ccc(C)cc4s3)C2c2ccc(OCc3ccccc3)c(OC)c2)cc1. The van der Waals surface area contributed by atoms with Crippen molar-refractivity contribution in [2.45, 2.75) is 19.6 Å². The first kappa shape index (κ1) is 28.0. The van der Waals surface area contributed by atoms with E-state index in [1.165, 1.54) is 23.3 Å². The molecular formula is C34H28N2O6S. The number of aromatic nitrogens is 1. The zero-order chi connectivity index (χ0) is 30.1. The van der Waals surface area contributed by atoms with Crippen LogP contribution in [0.5, 0.6) is 17.2 Å². The lowest BCUT2D eigenvalue weighted by Crippen LogP contribution is -2.29. The number of carbonyl (C=O) groups is 2. The van der Waals surface area contributed by atoms with Gasteiger partial charge in [-0.25, -0.2) is 4.98 Å². The number of nitrogens with zero attached hydrogens (tertiary/aromatic N) is 2. The molecule has 1 N–H and O–H groups in total. The predicted octanol–water partition coefficient (Wildman–Crippen LogP) is 6.83. The Morgan fingerprint density at radius 3 is 2.40 bits per heavy atom. The van der Waals surface area contributed by atoms with Crippen LogP contribution in [0, 0.1) is 6.92 Å². The van der Waals surface area contributed by atoms with Gasteiger partial charge in [-0.1, -0.05) is 53.8 Å². The van der Waals surface area contributed by atoms with Gasteiger partial charge in [-0.2, -0.15) is 0 Å². The van der Waals surface area contributed by atoms with Gasteiger partial charge in [-0.15, -0.1) is 0 Å². The minimum absolute atomic E-state index is 0.0504. The van der Waals surface area contributed by atoms with Gasteiger partial charge in [0.15, 0.2) is 16.6 Å². The highest BCUT2D eigenvalue weighted by molar-refractivity contribution is 7.22. The second kappa shape index (κ2) is 11.6. The molecule has 1 aromatic heterocycles. The summed E-state index contributed by atoms with van der Waals surface area (Å²) in [4.78, 5) is 33.4. The van der Waals surface area contributed by atoms with Gasteiger partial charge in [0.2, 0.25) is 0 Å². The summed E-state index contributed by atoms with van der Waals surface area (Å²) >= 11 is 1.31. The number of anilines is 1. The lowest BCUT2D eigenvalue weighted by Gasteiger charge is -2.24.